The zero-order chi connectivity index (χ0) is 20.4. The van der Waals surface area contributed by atoms with Crippen LogP contribution in [0.1, 0.15) is 61.7 Å². The SMILES string of the molecule is Cc1c(C(=O)OC(C)C)sc2ncn(CC(=O)O[C@@H]3CCC[C@H](C)C3)c(=O)c12. The van der Waals surface area contributed by atoms with Crippen molar-refractivity contribution < 1.29 is 19.1 Å². The molecule has 0 unspecified atom stereocenters. The molecule has 3 rings (SSSR count). The van der Waals surface area contributed by atoms with Gasteiger partial charge in [-0.05, 0) is 51.5 Å². The Hall–Kier alpha value is -2.22. The van der Waals surface area contributed by atoms with Gasteiger partial charge < -0.3 is 9.47 Å². The van der Waals surface area contributed by atoms with Crippen LogP contribution in [-0.2, 0) is 20.8 Å². The summed E-state index contributed by atoms with van der Waals surface area (Å²) in [7, 11) is 0. The number of nitrogens with zero attached hydrogens (tertiary/aromatic N) is 2. The van der Waals surface area contributed by atoms with Gasteiger partial charge in [0.1, 0.15) is 22.4 Å². The van der Waals surface area contributed by atoms with Crippen molar-refractivity contribution >= 4 is 33.5 Å². The third-order valence-electron chi connectivity index (χ3n) is 4.93. The Morgan fingerprint density at radius 1 is 1.36 bits per heavy atom. The van der Waals surface area contributed by atoms with Crippen LogP contribution in [0.3, 0.4) is 0 Å². The van der Waals surface area contributed by atoms with E-state index in [4.69, 9.17) is 9.47 Å². The number of aryl methyl sites for hydroxylation is 1. The van der Waals surface area contributed by atoms with Crippen LogP contribution in [0, 0.1) is 12.8 Å². The maximum absolute atomic E-state index is 12.9. The second-order valence-corrected chi connectivity index (χ2v) is 8.75. The van der Waals surface area contributed by atoms with Crippen LogP contribution in [0.4, 0.5) is 0 Å². The molecule has 0 amide bonds. The minimum atomic E-state index is -0.465. The minimum absolute atomic E-state index is 0.0797. The van der Waals surface area contributed by atoms with Gasteiger partial charge in [-0.25, -0.2) is 9.78 Å². The van der Waals surface area contributed by atoms with Crippen LogP contribution < -0.4 is 5.56 Å². The van der Waals surface area contributed by atoms with Gasteiger partial charge in [-0.1, -0.05) is 13.3 Å². The summed E-state index contributed by atoms with van der Waals surface area (Å²) in [6.45, 7) is 7.21. The Morgan fingerprint density at radius 2 is 2.11 bits per heavy atom. The zero-order valence-electron chi connectivity index (χ0n) is 16.7. The van der Waals surface area contributed by atoms with Crippen molar-refractivity contribution in [2.45, 2.75) is 72.1 Å². The molecule has 28 heavy (non-hydrogen) atoms. The van der Waals surface area contributed by atoms with E-state index in [-0.39, 0.29) is 24.3 Å². The van der Waals surface area contributed by atoms with E-state index in [1.165, 1.54) is 10.9 Å². The fraction of sp³-hybridized carbons (Fsp3) is 0.600. The number of hydrogen-bond donors (Lipinski definition) is 0. The van der Waals surface area contributed by atoms with Crippen LogP contribution in [0.25, 0.3) is 10.2 Å². The zero-order valence-corrected chi connectivity index (χ0v) is 17.5. The number of carbonyl (C=O) groups excluding carboxylic acids is 2. The highest BCUT2D eigenvalue weighted by Gasteiger charge is 2.24. The predicted molar refractivity (Wildman–Crippen MR) is 107 cm³/mol. The molecule has 0 aromatic carbocycles. The summed E-state index contributed by atoms with van der Waals surface area (Å²) in [6, 6.07) is 0. The summed E-state index contributed by atoms with van der Waals surface area (Å²) >= 11 is 1.13. The largest absolute Gasteiger partial charge is 0.461 e. The number of rotatable bonds is 5. The first-order valence-electron chi connectivity index (χ1n) is 9.65. The van der Waals surface area contributed by atoms with E-state index < -0.39 is 11.9 Å². The lowest BCUT2D eigenvalue weighted by molar-refractivity contribution is -0.152. The van der Waals surface area contributed by atoms with Gasteiger partial charge in [-0.2, -0.15) is 0 Å². The van der Waals surface area contributed by atoms with Crippen molar-refractivity contribution in [3.05, 3.63) is 27.1 Å². The lowest BCUT2D eigenvalue weighted by Crippen LogP contribution is -2.30. The second kappa shape index (κ2) is 8.43. The first-order chi connectivity index (χ1) is 13.3. The smallest absolute Gasteiger partial charge is 0.348 e. The van der Waals surface area contributed by atoms with E-state index in [0.717, 1.165) is 37.0 Å². The van der Waals surface area contributed by atoms with Crippen molar-refractivity contribution in [3.63, 3.8) is 0 Å². The highest BCUT2D eigenvalue weighted by atomic mass is 32.1. The summed E-state index contributed by atoms with van der Waals surface area (Å²) in [5, 5.41) is 0.349. The lowest BCUT2D eigenvalue weighted by atomic mass is 9.89. The van der Waals surface area contributed by atoms with Crippen LogP contribution in [-0.4, -0.2) is 33.7 Å². The number of esters is 2. The maximum Gasteiger partial charge on any atom is 0.348 e. The number of ether oxygens (including phenoxy) is 2. The molecular weight excluding hydrogens is 380 g/mol. The predicted octanol–water partition coefficient (Wildman–Crippen LogP) is 3.45. The van der Waals surface area contributed by atoms with E-state index in [1.807, 2.05) is 0 Å². The number of fused-ring (bicyclic) bond motifs is 1. The van der Waals surface area contributed by atoms with Crippen molar-refractivity contribution in [1.82, 2.24) is 9.55 Å². The standard InChI is InChI=1S/C20H26N2O5S/c1-11(2)26-20(25)17-13(4)16-18(28-17)21-10-22(19(16)24)9-15(23)27-14-7-5-6-12(3)8-14/h10-12,14H,5-9H2,1-4H3/t12-,14+/m0/s1. The lowest BCUT2D eigenvalue weighted by Gasteiger charge is -2.26. The van der Waals surface area contributed by atoms with Gasteiger partial charge in [0.2, 0.25) is 0 Å². The van der Waals surface area contributed by atoms with E-state index in [1.54, 1.807) is 20.8 Å². The van der Waals surface area contributed by atoms with Crippen LogP contribution in [0.2, 0.25) is 0 Å². The summed E-state index contributed by atoms with van der Waals surface area (Å²) in [5.41, 5.74) is 0.184. The molecule has 1 aliphatic carbocycles. The number of aromatic nitrogens is 2. The fourth-order valence-corrected chi connectivity index (χ4v) is 4.60. The third-order valence-corrected chi connectivity index (χ3v) is 6.11. The molecule has 0 saturated heterocycles. The highest BCUT2D eigenvalue weighted by Crippen LogP contribution is 2.28. The molecule has 152 valence electrons. The molecule has 0 aliphatic heterocycles. The van der Waals surface area contributed by atoms with Gasteiger partial charge in [0, 0.05) is 0 Å². The molecule has 0 spiro atoms. The van der Waals surface area contributed by atoms with E-state index in [0.29, 0.717) is 26.6 Å². The fourth-order valence-electron chi connectivity index (χ4n) is 3.58. The van der Waals surface area contributed by atoms with Crippen molar-refractivity contribution in [2.75, 3.05) is 0 Å². The molecule has 2 aromatic rings. The Morgan fingerprint density at radius 3 is 2.79 bits per heavy atom. The molecule has 1 fully saturated rings. The monoisotopic (exact) mass is 406 g/mol. The normalized spacial score (nSPS) is 19.8. The van der Waals surface area contributed by atoms with E-state index >= 15 is 0 Å². The van der Waals surface area contributed by atoms with E-state index in [2.05, 4.69) is 11.9 Å². The molecule has 2 heterocycles. The average molecular weight is 407 g/mol. The summed E-state index contributed by atoms with van der Waals surface area (Å²) in [4.78, 5) is 42.5. The van der Waals surface area contributed by atoms with Gasteiger partial charge in [0.25, 0.3) is 5.56 Å². The summed E-state index contributed by atoms with van der Waals surface area (Å²) in [5.74, 6) is -0.355. The number of carbonyl (C=O) groups is 2. The summed E-state index contributed by atoms with van der Waals surface area (Å²) < 4.78 is 12.0. The maximum atomic E-state index is 12.9. The van der Waals surface area contributed by atoms with Crippen molar-refractivity contribution in [1.29, 1.82) is 0 Å². The Kier molecular flexibility index (Phi) is 6.17. The minimum Gasteiger partial charge on any atom is -0.461 e. The van der Waals surface area contributed by atoms with Gasteiger partial charge in [0.05, 0.1) is 17.8 Å². The van der Waals surface area contributed by atoms with Crippen LogP contribution in [0.15, 0.2) is 11.1 Å². The van der Waals surface area contributed by atoms with Gasteiger partial charge >= 0.3 is 11.9 Å². The molecule has 0 radical (unpaired) electrons. The first-order valence-corrected chi connectivity index (χ1v) is 10.5. The highest BCUT2D eigenvalue weighted by molar-refractivity contribution is 7.20. The molecule has 8 heteroatoms. The molecule has 0 bridgehead atoms. The summed E-state index contributed by atoms with van der Waals surface area (Å²) in [6.07, 6.45) is 4.95. The Balaban J connectivity index is 1.80. The van der Waals surface area contributed by atoms with Gasteiger partial charge in [-0.3, -0.25) is 14.2 Å². The molecule has 1 saturated carbocycles. The number of thiophene rings is 1. The Bertz CT molecular complexity index is 946. The molecule has 7 nitrogen and oxygen atoms in total. The average Bonchev–Trinajstić information content (AvgIpc) is 2.94. The molecule has 1 aliphatic rings. The third kappa shape index (κ3) is 4.43. The first kappa shape index (κ1) is 20.5. The van der Waals surface area contributed by atoms with Crippen molar-refractivity contribution in [2.24, 2.45) is 5.92 Å². The molecule has 2 atom stereocenters. The van der Waals surface area contributed by atoms with Gasteiger partial charge in [0.15, 0.2) is 0 Å². The quantitative estimate of drug-likeness (QED) is 0.707. The topological polar surface area (TPSA) is 87.5 Å². The second-order valence-electron chi connectivity index (χ2n) is 7.75. The molecule has 0 N–H and O–H groups in total. The van der Waals surface area contributed by atoms with E-state index in [9.17, 15) is 14.4 Å². The Labute approximate surface area is 167 Å². The van der Waals surface area contributed by atoms with Crippen molar-refractivity contribution in [3.8, 4) is 0 Å². The van der Waals surface area contributed by atoms with Crippen LogP contribution >= 0.6 is 11.3 Å². The van der Waals surface area contributed by atoms with Crippen LogP contribution in [0.5, 0.6) is 0 Å². The molecule has 2 aromatic heterocycles. The number of hydrogen-bond acceptors (Lipinski definition) is 7. The van der Waals surface area contributed by atoms with Gasteiger partial charge in [-0.15, -0.1) is 11.3 Å². The molecular formula is C20H26N2O5S.